The first kappa shape index (κ1) is 16.5. The molecule has 5 nitrogen and oxygen atoms in total. The molecule has 0 fully saturated rings. The van der Waals surface area contributed by atoms with Crippen LogP contribution in [0.2, 0.25) is 0 Å². The van der Waals surface area contributed by atoms with Crippen LogP contribution >= 0.6 is 15.9 Å². The second-order valence-electron chi connectivity index (χ2n) is 5.91. The highest BCUT2D eigenvalue weighted by Crippen LogP contribution is 2.16. The van der Waals surface area contributed by atoms with Gasteiger partial charge < -0.3 is 14.6 Å². The number of alkyl carbamates (subject to hydrolysis) is 1. The van der Waals surface area contributed by atoms with E-state index in [1.165, 1.54) is 0 Å². The summed E-state index contributed by atoms with van der Waals surface area (Å²) in [5, 5.41) is 2.76. The average Bonchev–Trinajstić information content (AvgIpc) is 2.86. The van der Waals surface area contributed by atoms with Crippen molar-refractivity contribution in [3.63, 3.8) is 0 Å². The van der Waals surface area contributed by atoms with Crippen LogP contribution in [0.25, 0.3) is 5.69 Å². The number of amides is 1. The van der Waals surface area contributed by atoms with Gasteiger partial charge in [0, 0.05) is 35.0 Å². The number of carbonyl (C=O) groups excluding carboxylic acids is 1. The fourth-order valence-corrected chi connectivity index (χ4v) is 2.21. The predicted molar refractivity (Wildman–Crippen MR) is 89.2 cm³/mol. The molecule has 2 rings (SSSR count). The minimum absolute atomic E-state index is 0.401. The standard InChI is InChI=1S/C16H20BrN3O2/c1-16(2,3)22-15(21)19-9-8-14-10-18-11-20(14)13-6-4-12(17)5-7-13/h4-7,10-11H,8-9H2,1-3H3,(H,19,21). The molecule has 0 saturated carbocycles. The maximum atomic E-state index is 11.6. The summed E-state index contributed by atoms with van der Waals surface area (Å²) < 4.78 is 8.24. The van der Waals surface area contributed by atoms with Crippen molar-refractivity contribution in [3.8, 4) is 5.69 Å². The summed E-state index contributed by atoms with van der Waals surface area (Å²) in [6.45, 7) is 6.02. The summed E-state index contributed by atoms with van der Waals surface area (Å²) in [6, 6.07) is 7.99. The van der Waals surface area contributed by atoms with Gasteiger partial charge in [-0.05, 0) is 45.0 Å². The Hall–Kier alpha value is -1.82. The summed E-state index contributed by atoms with van der Waals surface area (Å²) in [6.07, 6.45) is 3.85. The Morgan fingerprint density at radius 2 is 2.00 bits per heavy atom. The molecule has 0 aliphatic rings. The topological polar surface area (TPSA) is 56.1 Å². The van der Waals surface area contributed by atoms with Gasteiger partial charge in [0.05, 0.1) is 6.33 Å². The fourth-order valence-electron chi connectivity index (χ4n) is 1.95. The smallest absolute Gasteiger partial charge is 0.407 e. The van der Waals surface area contributed by atoms with Gasteiger partial charge in [-0.15, -0.1) is 0 Å². The van der Waals surface area contributed by atoms with Gasteiger partial charge >= 0.3 is 6.09 Å². The van der Waals surface area contributed by atoms with Crippen LogP contribution in [-0.2, 0) is 11.2 Å². The number of benzene rings is 1. The van der Waals surface area contributed by atoms with Crippen molar-refractivity contribution in [1.29, 1.82) is 0 Å². The average molecular weight is 366 g/mol. The van der Waals surface area contributed by atoms with Crippen LogP contribution in [0, 0.1) is 0 Å². The Labute approximate surface area is 138 Å². The van der Waals surface area contributed by atoms with Gasteiger partial charge in [0.1, 0.15) is 5.60 Å². The summed E-state index contributed by atoms with van der Waals surface area (Å²) >= 11 is 3.42. The Morgan fingerprint density at radius 1 is 1.32 bits per heavy atom. The van der Waals surface area contributed by atoms with Crippen LogP contribution in [0.15, 0.2) is 41.3 Å². The third kappa shape index (κ3) is 4.87. The van der Waals surface area contributed by atoms with Gasteiger partial charge in [0.2, 0.25) is 0 Å². The normalized spacial score (nSPS) is 11.3. The van der Waals surface area contributed by atoms with Crippen LogP contribution in [-0.4, -0.2) is 27.8 Å². The molecule has 1 N–H and O–H groups in total. The fraction of sp³-hybridized carbons (Fsp3) is 0.375. The first-order chi connectivity index (χ1) is 10.3. The van der Waals surface area contributed by atoms with Crippen LogP contribution in [0.1, 0.15) is 26.5 Å². The molecule has 0 aliphatic carbocycles. The Kier molecular flexibility index (Phi) is 5.24. The largest absolute Gasteiger partial charge is 0.444 e. The molecule has 0 atom stereocenters. The minimum atomic E-state index is -0.483. The van der Waals surface area contributed by atoms with Crippen LogP contribution in [0.5, 0.6) is 0 Å². The highest BCUT2D eigenvalue weighted by Gasteiger charge is 2.15. The Balaban J connectivity index is 1.93. The number of hydrogen-bond donors (Lipinski definition) is 1. The highest BCUT2D eigenvalue weighted by atomic mass is 79.9. The number of ether oxygens (including phenoxy) is 1. The Morgan fingerprint density at radius 3 is 2.64 bits per heavy atom. The quantitative estimate of drug-likeness (QED) is 0.898. The van der Waals surface area contributed by atoms with Gasteiger partial charge in [0.25, 0.3) is 0 Å². The molecule has 0 aliphatic heterocycles. The molecule has 0 radical (unpaired) electrons. The third-order valence-electron chi connectivity index (χ3n) is 2.87. The minimum Gasteiger partial charge on any atom is -0.444 e. The molecule has 118 valence electrons. The SMILES string of the molecule is CC(C)(C)OC(=O)NCCc1cncn1-c1ccc(Br)cc1. The lowest BCUT2D eigenvalue weighted by Crippen LogP contribution is -2.33. The van der Waals surface area contributed by atoms with E-state index < -0.39 is 11.7 Å². The molecule has 1 heterocycles. The van der Waals surface area contributed by atoms with Gasteiger partial charge in [-0.1, -0.05) is 15.9 Å². The van der Waals surface area contributed by atoms with Gasteiger partial charge in [-0.3, -0.25) is 0 Å². The van der Waals surface area contributed by atoms with E-state index in [1.807, 2.05) is 49.6 Å². The lowest BCUT2D eigenvalue weighted by Gasteiger charge is -2.19. The lowest BCUT2D eigenvalue weighted by atomic mass is 10.2. The van der Waals surface area contributed by atoms with Gasteiger partial charge in [0.15, 0.2) is 0 Å². The number of rotatable bonds is 4. The second kappa shape index (κ2) is 6.96. The zero-order valence-electron chi connectivity index (χ0n) is 13.0. The maximum Gasteiger partial charge on any atom is 0.407 e. The van der Waals surface area contributed by atoms with Crippen LogP contribution in [0.3, 0.4) is 0 Å². The molecule has 0 saturated heterocycles. The van der Waals surface area contributed by atoms with E-state index in [4.69, 9.17) is 4.74 Å². The lowest BCUT2D eigenvalue weighted by molar-refractivity contribution is 0.0528. The molecule has 0 bridgehead atoms. The molecule has 0 spiro atoms. The van der Waals surface area contributed by atoms with E-state index in [0.29, 0.717) is 13.0 Å². The summed E-state index contributed by atoms with van der Waals surface area (Å²) in [4.78, 5) is 15.8. The monoisotopic (exact) mass is 365 g/mol. The van der Waals surface area contributed by atoms with Crippen molar-refractivity contribution in [2.24, 2.45) is 0 Å². The van der Waals surface area contributed by atoms with Gasteiger partial charge in [-0.25, -0.2) is 9.78 Å². The highest BCUT2D eigenvalue weighted by molar-refractivity contribution is 9.10. The van der Waals surface area contributed by atoms with Crippen molar-refractivity contribution < 1.29 is 9.53 Å². The number of nitrogens with zero attached hydrogens (tertiary/aromatic N) is 2. The van der Waals surface area contributed by atoms with Crippen molar-refractivity contribution in [3.05, 3.63) is 47.0 Å². The molecule has 2 aromatic rings. The molecular formula is C16H20BrN3O2. The van der Waals surface area contributed by atoms with Crippen molar-refractivity contribution in [2.75, 3.05) is 6.54 Å². The first-order valence-electron chi connectivity index (χ1n) is 7.09. The molecule has 0 unspecified atom stereocenters. The molecule has 1 aromatic carbocycles. The van der Waals surface area contributed by atoms with Crippen molar-refractivity contribution >= 4 is 22.0 Å². The molecule has 22 heavy (non-hydrogen) atoms. The maximum absolute atomic E-state index is 11.6. The molecular weight excluding hydrogens is 346 g/mol. The van der Waals surface area contributed by atoms with Crippen molar-refractivity contribution in [2.45, 2.75) is 32.8 Å². The van der Waals surface area contributed by atoms with Crippen LogP contribution < -0.4 is 5.32 Å². The number of halogens is 1. The van der Waals surface area contributed by atoms with E-state index in [-0.39, 0.29) is 0 Å². The molecule has 1 amide bonds. The number of aromatic nitrogens is 2. The van der Waals surface area contributed by atoms with Crippen molar-refractivity contribution in [1.82, 2.24) is 14.9 Å². The number of nitrogens with one attached hydrogen (secondary N) is 1. The van der Waals surface area contributed by atoms with E-state index in [9.17, 15) is 4.79 Å². The summed E-state index contributed by atoms with van der Waals surface area (Å²) in [5.41, 5.74) is 1.58. The number of hydrogen-bond acceptors (Lipinski definition) is 3. The summed E-state index contributed by atoms with van der Waals surface area (Å²) in [5.74, 6) is 0. The van der Waals surface area contributed by atoms with E-state index in [1.54, 1.807) is 12.5 Å². The zero-order chi connectivity index (χ0) is 16.2. The van der Waals surface area contributed by atoms with E-state index >= 15 is 0 Å². The van der Waals surface area contributed by atoms with Gasteiger partial charge in [-0.2, -0.15) is 0 Å². The molecule has 1 aromatic heterocycles. The van der Waals surface area contributed by atoms with E-state index in [2.05, 4.69) is 26.2 Å². The third-order valence-corrected chi connectivity index (χ3v) is 3.40. The van der Waals surface area contributed by atoms with E-state index in [0.717, 1.165) is 15.9 Å². The van der Waals surface area contributed by atoms with Crippen LogP contribution in [0.4, 0.5) is 4.79 Å². The first-order valence-corrected chi connectivity index (χ1v) is 7.88. The predicted octanol–water partition coefficient (Wildman–Crippen LogP) is 3.70. The molecule has 6 heteroatoms. The second-order valence-corrected chi connectivity index (χ2v) is 6.83. The number of carbonyl (C=O) groups is 1. The number of imidazole rings is 1. The Bertz CT molecular complexity index is 630. The zero-order valence-corrected chi connectivity index (χ0v) is 14.6. The summed E-state index contributed by atoms with van der Waals surface area (Å²) in [7, 11) is 0.